The van der Waals surface area contributed by atoms with E-state index in [2.05, 4.69) is 31.0 Å². The van der Waals surface area contributed by atoms with Gasteiger partial charge in [-0.3, -0.25) is 9.69 Å². The zero-order chi connectivity index (χ0) is 21.6. The van der Waals surface area contributed by atoms with Crippen LogP contribution in [0.15, 0.2) is 48.5 Å². The molecule has 30 heavy (non-hydrogen) atoms. The van der Waals surface area contributed by atoms with Crippen molar-refractivity contribution in [2.75, 3.05) is 26.3 Å². The first-order valence-corrected chi connectivity index (χ1v) is 10.9. The van der Waals surface area contributed by atoms with E-state index in [4.69, 9.17) is 4.74 Å². The van der Waals surface area contributed by atoms with Crippen molar-refractivity contribution >= 4 is 5.91 Å². The molecule has 0 radical (unpaired) electrons. The maximum Gasteiger partial charge on any atom is 0.251 e. The van der Waals surface area contributed by atoms with Gasteiger partial charge in [0, 0.05) is 43.3 Å². The molecule has 1 N–H and O–H groups in total. The van der Waals surface area contributed by atoms with Crippen molar-refractivity contribution < 1.29 is 13.9 Å². The monoisotopic (exact) mass is 412 g/mol. The minimum Gasteiger partial charge on any atom is -0.381 e. The Hall–Kier alpha value is -2.24. The Bertz CT molecular complexity index is 829. The summed E-state index contributed by atoms with van der Waals surface area (Å²) in [7, 11) is 0. The zero-order valence-corrected chi connectivity index (χ0v) is 18.3. The van der Waals surface area contributed by atoms with E-state index in [0.717, 1.165) is 31.5 Å². The molecule has 3 rings (SSSR count). The third-order valence-electron chi connectivity index (χ3n) is 6.21. The lowest BCUT2D eigenvalue weighted by molar-refractivity contribution is 0.0486. The van der Waals surface area contributed by atoms with E-state index >= 15 is 0 Å². The summed E-state index contributed by atoms with van der Waals surface area (Å²) in [4.78, 5) is 15.2. The molecule has 0 unspecified atom stereocenters. The quantitative estimate of drug-likeness (QED) is 0.692. The van der Waals surface area contributed by atoms with Crippen LogP contribution in [0.4, 0.5) is 4.39 Å². The Labute approximate surface area is 179 Å². The summed E-state index contributed by atoms with van der Waals surface area (Å²) in [5.74, 6) is -0.345. The lowest BCUT2D eigenvalue weighted by Crippen LogP contribution is -2.44. The summed E-state index contributed by atoms with van der Waals surface area (Å²) in [6.07, 6.45) is 1.52. The highest BCUT2D eigenvalue weighted by molar-refractivity contribution is 5.94. The average Bonchev–Trinajstić information content (AvgIpc) is 2.76. The van der Waals surface area contributed by atoms with Crippen LogP contribution in [0.25, 0.3) is 0 Å². The molecular weight excluding hydrogens is 379 g/mol. The average molecular weight is 413 g/mol. The molecule has 2 aromatic carbocycles. The smallest absolute Gasteiger partial charge is 0.251 e. The normalized spacial score (nSPS) is 16.1. The fourth-order valence-corrected chi connectivity index (χ4v) is 4.16. The Morgan fingerprint density at radius 3 is 2.47 bits per heavy atom. The van der Waals surface area contributed by atoms with Crippen LogP contribution in [0, 0.1) is 5.82 Å². The fourth-order valence-electron chi connectivity index (χ4n) is 4.16. The third-order valence-corrected chi connectivity index (χ3v) is 6.21. The molecule has 1 aliphatic heterocycles. The molecule has 2 aromatic rings. The van der Waals surface area contributed by atoms with Gasteiger partial charge in [0.2, 0.25) is 0 Å². The van der Waals surface area contributed by atoms with Crippen molar-refractivity contribution in [1.82, 2.24) is 10.2 Å². The first-order chi connectivity index (χ1) is 14.4. The summed E-state index contributed by atoms with van der Waals surface area (Å²) in [6.45, 7) is 10.1. The van der Waals surface area contributed by atoms with Crippen molar-refractivity contribution in [3.8, 4) is 0 Å². The fraction of sp³-hybridized carbons (Fsp3) is 0.480. The van der Waals surface area contributed by atoms with Crippen LogP contribution in [-0.2, 0) is 16.7 Å². The van der Waals surface area contributed by atoms with Crippen molar-refractivity contribution in [3.63, 3.8) is 0 Å². The van der Waals surface area contributed by atoms with Gasteiger partial charge in [-0.05, 0) is 68.6 Å². The topological polar surface area (TPSA) is 41.6 Å². The van der Waals surface area contributed by atoms with Crippen LogP contribution < -0.4 is 5.32 Å². The van der Waals surface area contributed by atoms with Crippen LogP contribution >= 0.6 is 0 Å². The van der Waals surface area contributed by atoms with Crippen LogP contribution in [-0.4, -0.2) is 43.2 Å². The molecule has 1 saturated heterocycles. The number of nitrogens with zero attached hydrogens (tertiary/aromatic N) is 1. The summed E-state index contributed by atoms with van der Waals surface area (Å²) in [5.41, 5.74) is 2.47. The molecule has 0 aliphatic carbocycles. The largest absolute Gasteiger partial charge is 0.381 e. The van der Waals surface area contributed by atoms with Crippen LogP contribution in [0.5, 0.6) is 0 Å². The Kier molecular flexibility index (Phi) is 7.62. The molecule has 0 spiro atoms. The highest BCUT2D eigenvalue weighted by Gasteiger charge is 2.35. The van der Waals surface area contributed by atoms with Gasteiger partial charge in [0.25, 0.3) is 5.91 Å². The summed E-state index contributed by atoms with van der Waals surface area (Å²) in [6, 6.07) is 15.0. The lowest BCUT2D eigenvalue weighted by Gasteiger charge is -2.38. The minimum absolute atomic E-state index is 0.0972. The Morgan fingerprint density at radius 2 is 1.87 bits per heavy atom. The number of amides is 1. The molecule has 4 nitrogen and oxygen atoms in total. The standard InChI is InChI=1S/C25H33FN2O2/c1-4-28(19(2)3)17-20-8-10-21(11-9-20)24(29)27-18-25(12-14-30-15-13-25)22-6-5-7-23(26)16-22/h5-11,16,19H,4,12-15,17-18H2,1-3H3,(H,27,29). The number of rotatable bonds is 8. The number of hydrogen-bond acceptors (Lipinski definition) is 3. The number of nitrogens with one attached hydrogen (secondary N) is 1. The minimum atomic E-state index is -0.297. The van der Waals surface area contributed by atoms with E-state index in [1.54, 1.807) is 12.1 Å². The summed E-state index contributed by atoms with van der Waals surface area (Å²) in [5, 5.41) is 3.09. The second-order valence-electron chi connectivity index (χ2n) is 8.44. The SMILES string of the molecule is CCN(Cc1ccc(C(=O)NCC2(c3cccc(F)c3)CCOCC2)cc1)C(C)C. The highest BCUT2D eigenvalue weighted by atomic mass is 19.1. The second-order valence-corrected chi connectivity index (χ2v) is 8.44. The van der Waals surface area contributed by atoms with Gasteiger partial charge in [0.05, 0.1) is 0 Å². The molecule has 1 aliphatic rings. The van der Waals surface area contributed by atoms with E-state index in [-0.39, 0.29) is 17.1 Å². The van der Waals surface area contributed by atoms with Gasteiger partial charge in [-0.25, -0.2) is 4.39 Å². The number of hydrogen-bond donors (Lipinski definition) is 1. The van der Waals surface area contributed by atoms with Gasteiger partial charge < -0.3 is 10.1 Å². The molecular formula is C25H33FN2O2. The summed E-state index contributed by atoms with van der Waals surface area (Å²) >= 11 is 0. The predicted molar refractivity (Wildman–Crippen MR) is 118 cm³/mol. The van der Waals surface area contributed by atoms with Gasteiger partial charge >= 0.3 is 0 Å². The molecule has 162 valence electrons. The van der Waals surface area contributed by atoms with Gasteiger partial charge in [0.15, 0.2) is 0 Å². The van der Waals surface area contributed by atoms with Crippen LogP contribution in [0.1, 0.15) is 55.1 Å². The van der Waals surface area contributed by atoms with Crippen molar-refractivity contribution in [2.45, 2.75) is 51.6 Å². The van der Waals surface area contributed by atoms with Gasteiger partial charge in [-0.2, -0.15) is 0 Å². The van der Waals surface area contributed by atoms with E-state index in [1.165, 1.54) is 11.6 Å². The van der Waals surface area contributed by atoms with Gasteiger partial charge in [-0.1, -0.05) is 31.2 Å². The van der Waals surface area contributed by atoms with E-state index in [0.29, 0.717) is 31.4 Å². The number of ether oxygens (including phenoxy) is 1. The first kappa shape index (κ1) is 22.4. The molecule has 0 aromatic heterocycles. The van der Waals surface area contributed by atoms with Gasteiger partial charge in [0.1, 0.15) is 5.82 Å². The highest BCUT2D eigenvalue weighted by Crippen LogP contribution is 2.34. The number of halogens is 1. The molecule has 0 atom stereocenters. The zero-order valence-electron chi connectivity index (χ0n) is 18.3. The van der Waals surface area contributed by atoms with Crippen LogP contribution in [0.2, 0.25) is 0 Å². The van der Waals surface area contributed by atoms with Gasteiger partial charge in [-0.15, -0.1) is 0 Å². The van der Waals surface area contributed by atoms with Crippen LogP contribution in [0.3, 0.4) is 0 Å². The maximum absolute atomic E-state index is 13.8. The van der Waals surface area contributed by atoms with Crippen molar-refractivity contribution in [3.05, 3.63) is 71.0 Å². The molecule has 0 saturated carbocycles. The molecule has 1 amide bonds. The number of carbonyl (C=O) groups excluding carboxylic acids is 1. The molecule has 0 bridgehead atoms. The lowest BCUT2D eigenvalue weighted by atomic mass is 9.74. The Morgan fingerprint density at radius 1 is 1.17 bits per heavy atom. The molecule has 5 heteroatoms. The summed E-state index contributed by atoms with van der Waals surface area (Å²) < 4.78 is 19.4. The second kappa shape index (κ2) is 10.2. The van der Waals surface area contributed by atoms with Crippen molar-refractivity contribution in [2.24, 2.45) is 0 Å². The first-order valence-electron chi connectivity index (χ1n) is 10.9. The van der Waals surface area contributed by atoms with E-state index in [1.807, 2.05) is 30.3 Å². The molecule has 1 fully saturated rings. The number of benzene rings is 2. The predicted octanol–water partition coefficient (Wildman–Crippen LogP) is 4.53. The Balaban J connectivity index is 1.67. The number of carbonyl (C=O) groups is 1. The van der Waals surface area contributed by atoms with E-state index in [9.17, 15) is 9.18 Å². The maximum atomic E-state index is 13.8. The van der Waals surface area contributed by atoms with Crippen molar-refractivity contribution in [1.29, 1.82) is 0 Å². The molecule has 1 heterocycles. The van der Waals surface area contributed by atoms with E-state index < -0.39 is 0 Å². The third kappa shape index (κ3) is 5.46.